The van der Waals surface area contributed by atoms with E-state index in [2.05, 4.69) is 10.4 Å². The van der Waals surface area contributed by atoms with Crippen LogP contribution in [-0.2, 0) is 4.74 Å². The fourth-order valence-electron chi connectivity index (χ4n) is 2.87. The maximum Gasteiger partial charge on any atom is 0.337 e. The minimum Gasteiger partial charge on any atom is -0.465 e. The predicted molar refractivity (Wildman–Crippen MR) is 109 cm³/mol. The lowest BCUT2D eigenvalue weighted by atomic mass is 10.1. The van der Waals surface area contributed by atoms with Crippen molar-refractivity contribution < 1.29 is 14.3 Å². The van der Waals surface area contributed by atoms with Gasteiger partial charge in [0.1, 0.15) is 0 Å². The van der Waals surface area contributed by atoms with Crippen LogP contribution in [0.3, 0.4) is 0 Å². The summed E-state index contributed by atoms with van der Waals surface area (Å²) in [5.74, 6) is -0.660. The second kappa shape index (κ2) is 7.86. The van der Waals surface area contributed by atoms with E-state index in [-0.39, 0.29) is 5.91 Å². The zero-order valence-corrected chi connectivity index (χ0v) is 16.8. The van der Waals surface area contributed by atoms with Crippen LogP contribution in [0.4, 0.5) is 5.69 Å². The number of nitrogens with zero attached hydrogens (tertiary/aromatic N) is 2. The van der Waals surface area contributed by atoms with Gasteiger partial charge in [-0.05, 0) is 68.8 Å². The Morgan fingerprint density at radius 1 is 1.04 bits per heavy atom. The molecule has 0 unspecified atom stereocenters. The van der Waals surface area contributed by atoms with Gasteiger partial charge in [0, 0.05) is 11.3 Å². The summed E-state index contributed by atoms with van der Waals surface area (Å²) < 4.78 is 6.45. The first-order valence-corrected chi connectivity index (χ1v) is 9.02. The summed E-state index contributed by atoms with van der Waals surface area (Å²) in [5, 5.41) is 7.90. The van der Waals surface area contributed by atoms with Crippen molar-refractivity contribution in [3.63, 3.8) is 0 Å². The van der Waals surface area contributed by atoms with Gasteiger partial charge >= 0.3 is 5.97 Å². The average molecular weight is 398 g/mol. The number of halogens is 1. The van der Waals surface area contributed by atoms with E-state index in [4.69, 9.17) is 16.3 Å². The van der Waals surface area contributed by atoms with Gasteiger partial charge in [0.15, 0.2) is 0 Å². The van der Waals surface area contributed by atoms with Crippen LogP contribution in [0.2, 0.25) is 5.02 Å². The van der Waals surface area contributed by atoms with Gasteiger partial charge in [-0.3, -0.25) is 4.79 Å². The first-order valence-electron chi connectivity index (χ1n) is 8.64. The number of ether oxygens (including phenoxy) is 1. The van der Waals surface area contributed by atoms with Crippen LogP contribution in [0.15, 0.2) is 42.5 Å². The second-order valence-corrected chi connectivity index (χ2v) is 6.80. The number of hydrogen-bond donors (Lipinski definition) is 1. The smallest absolute Gasteiger partial charge is 0.337 e. The van der Waals surface area contributed by atoms with Crippen LogP contribution in [0.25, 0.3) is 5.69 Å². The molecule has 1 N–H and O–H groups in total. The summed E-state index contributed by atoms with van der Waals surface area (Å²) in [6, 6.07) is 12.1. The Hall–Kier alpha value is -3.12. The third-order valence-corrected chi connectivity index (χ3v) is 5.02. The predicted octanol–water partition coefficient (Wildman–Crippen LogP) is 4.49. The lowest BCUT2D eigenvalue weighted by Crippen LogP contribution is -2.13. The average Bonchev–Trinajstić information content (AvgIpc) is 2.96. The van der Waals surface area contributed by atoms with Crippen molar-refractivity contribution in [2.75, 3.05) is 12.4 Å². The molecule has 0 fully saturated rings. The molecule has 0 saturated carbocycles. The van der Waals surface area contributed by atoms with Gasteiger partial charge in [-0.1, -0.05) is 11.6 Å². The van der Waals surface area contributed by atoms with Crippen LogP contribution < -0.4 is 5.32 Å². The molecular weight excluding hydrogens is 378 g/mol. The molecule has 28 heavy (non-hydrogen) atoms. The Morgan fingerprint density at radius 2 is 1.68 bits per heavy atom. The molecule has 0 radical (unpaired) electrons. The van der Waals surface area contributed by atoms with E-state index in [0.717, 1.165) is 22.6 Å². The fraction of sp³-hybridized carbons (Fsp3) is 0.190. The molecule has 1 heterocycles. The topological polar surface area (TPSA) is 73.2 Å². The highest BCUT2D eigenvalue weighted by molar-refractivity contribution is 6.31. The normalized spacial score (nSPS) is 10.6. The number of carbonyl (C=O) groups excluding carboxylic acids is 2. The number of aryl methyl sites for hydroxylation is 2. The maximum absolute atomic E-state index is 12.6. The Labute approximate surface area is 168 Å². The Kier molecular flexibility index (Phi) is 5.51. The third kappa shape index (κ3) is 3.77. The lowest BCUT2D eigenvalue weighted by Gasteiger charge is -2.10. The Balaban J connectivity index is 1.78. The van der Waals surface area contributed by atoms with E-state index in [1.54, 1.807) is 35.0 Å². The largest absolute Gasteiger partial charge is 0.465 e. The van der Waals surface area contributed by atoms with Gasteiger partial charge in [-0.25, -0.2) is 9.48 Å². The van der Waals surface area contributed by atoms with Crippen LogP contribution >= 0.6 is 11.6 Å². The molecule has 6 nitrogen and oxygen atoms in total. The van der Waals surface area contributed by atoms with Crippen molar-refractivity contribution in [3.8, 4) is 5.69 Å². The number of esters is 1. The molecule has 2 aromatic carbocycles. The molecule has 1 amide bonds. The summed E-state index contributed by atoms with van der Waals surface area (Å²) in [6.07, 6.45) is 0. The highest BCUT2D eigenvalue weighted by atomic mass is 35.5. The Morgan fingerprint density at radius 3 is 2.21 bits per heavy atom. The number of nitrogens with one attached hydrogen (secondary N) is 1. The van der Waals surface area contributed by atoms with Crippen molar-refractivity contribution in [1.82, 2.24) is 9.78 Å². The van der Waals surface area contributed by atoms with Crippen molar-refractivity contribution in [2.45, 2.75) is 20.8 Å². The summed E-state index contributed by atoms with van der Waals surface area (Å²) in [6.45, 7) is 5.56. The molecule has 7 heteroatoms. The highest BCUT2D eigenvalue weighted by Crippen LogP contribution is 2.23. The van der Waals surface area contributed by atoms with Gasteiger partial charge in [-0.2, -0.15) is 5.10 Å². The molecule has 0 aliphatic rings. The van der Waals surface area contributed by atoms with Gasteiger partial charge in [0.25, 0.3) is 5.91 Å². The minimum absolute atomic E-state index is 0.244. The van der Waals surface area contributed by atoms with E-state index in [1.165, 1.54) is 7.11 Å². The monoisotopic (exact) mass is 397 g/mol. The van der Waals surface area contributed by atoms with E-state index in [9.17, 15) is 9.59 Å². The van der Waals surface area contributed by atoms with Gasteiger partial charge in [0.2, 0.25) is 0 Å². The Bertz CT molecular complexity index is 1060. The third-order valence-electron chi connectivity index (χ3n) is 4.47. The summed E-state index contributed by atoms with van der Waals surface area (Å²) >= 11 is 6.20. The number of benzene rings is 2. The standard InChI is InChI=1S/C21H20ClN3O3/c1-12-11-16(21(27)28-4)7-10-18(12)23-20(26)15-5-8-17(9-6-15)25-14(3)19(22)13(2)24-25/h5-11H,1-4H3,(H,23,26). The number of carbonyl (C=O) groups is 2. The van der Waals surface area contributed by atoms with Crippen molar-refractivity contribution in [1.29, 1.82) is 0 Å². The molecule has 1 aromatic heterocycles. The first-order chi connectivity index (χ1) is 13.3. The number of aromatic nitrogens is 2. The number of methoxy groups -OCH3 is 1. The molecule has 0 bridgehead atoms. The number of rotatable bonds is 4. The van der Waals surface area contributed by atoms with Crippen LogP contribution in [0, 0.1) is 20.8 Å². The van der Waals surface area contributed by atoms with Gasteiger partial charge < -0.3 is 10.1 Å². The van der Waals surface area contributed by atoms with E-state index in [0.29, 0.717) is 21.8 Å². The zero-order chi connectivity index (χ0) is 20.4. The molecule has 0 atom stereocenters. The molecule has 144 valence electrons. The van der Waals surface area contributed by atoms with Crippen molar-refractivity contribution in [2.24, 2.45) is 0 Å². The quantitative estimate of drug-likeness (QED) is 0.658. The summed E-state index contributed by atoms with van der Waals surface area (Å²) in [4.78, 5) is 24.2. The molecule has 0 aliphatic carbocycles. The summed E-state index contributed by atoms with van der Waals surface area (Å²) in [7, 11) is 1.33. The lowest BCUT2D eigenvalue weighted by molar-refractivity contribution is 0.0600. The van der Waals surface area contributed by atoms with Crippen LogP contribution in [0.5, 0.6) is 0 Å². The van der Waals surface area contributed by atoms with Crippen molar-refractivity contribution in [3.05, 3.63) is 75.6 Å². The van der Waals surface area contributed by atoms with Crippen LogP contribution in [0.1, 0.15) is 37.7 Å². The molecule has 0 aliphatic heterocycles. The van der Waals surface area contributed by atoms with E-state index >= 15 is 0 Å². The number of hydrogen-bond acceptors (Lipinski definition) is 4. The SMILES string of the molecule is COC(=O)c1ccc(NC(=O)c2ccc(-n3nc(C)c(Cl)c3C)cc2)c(C)c1. The first kappa shape index (κ1) is 19.6. The molecular formula is C21H20ClN3O3. The van der Waals surface area contributed by atoms with Crippen molar-refractivity contribution >= 4 is 29.2 Å². The molecule has 0 saturated heterocycles. The fourth-order valence-corrected chi connectivity index (χ4v) is 2.99. The summed E-state index contributed by atoms with van der Waals surface area (Å²) in [5.41, 5.74) is 4.77. The van der Waals surface area contributed by atoms with Crippen LogP contribution in [-0.4, -0.2) is 28.8 Å². The number of anilines is 1. The second-order valence-electron chi connectivity index (χ2n) is 6.42. The highest BCUT2D eigenvalue weighted by Gasteiger charge is 2.13. The number of amides is 1. The van der Waals surface area contributed by atoms with E-state index < -0.39 is 5.97 Å². The van der Waals surface area contributed by atoms with Gasteiger partial charge in [-0.15, -0.1) is 0 Å². The maximum atomic E-state index is 12.6. The van der Waals surface area contributed by atoms with Gasteiger partial charge in [0.05, 0.1) is 34.8 Å². The van der Waals surface area contributed by atoms with E-state index in [1.807, 2.05) is 32.9 Å². The minimum atomic E-state index is -0.416. The zero-order valence-electron chi connectivity index (χ0n) is 16.0. The molecule has 3 aromatic rings. The molecule has 3 rings (SSSR count). The molecule has 0 spiro atoms.